The van der Waals surface area contributed by atoms with Crippen LogP contribution in [0.3, 0.4) is 0 Å². The normalized spacial score (nSPS) is 22.0. The summed E-state index contributed by atoms with van der Waals surface area (Å²) in [6, 6.07) is 0. The SMILES string of the molecule is FC(F)(F)C(F)(F)C(F)(F)C(F)(F)C(F)(F)C(F)(F)C(F)(F)C(F)(F)C(F)(F)C(F)(F)C(F)(F)CC(COCC1CO1)OCC1CO1. The van der Waals surface area contributed by atoms with E-state index in [2.05, 4.69) is 18.9 Å². The van der Waals surface area contributed by atoms with Gasteiger partial charge in [-0.3, -0.25) is 0 Å². The van der Waals surface area contributed by atoms with Crippen molar-refractivity contribution in [3.05, 3.63) is 0 Å². The fraction of sp³-hybridized carbons (Fsp3) is 1.00. The summed E-state index contributed by atoms with van der Waals surface area (Å²) in [5, 5.41) is 0. The molecule has 0 bridgehead atoms. The van der Waals surface area contributed by atoms with Gasteiger partial charge in [0.1, 0.15) is 12.2 Å². The third-order valence-corrected chi connectivity index (χ3v) is 6.38. The number of hydrogen-bond donors (Lipinski definition) is 0. The minimum Gasteiger partial charge on any atom is -0.376 e. The Labute approximate surface area is 244 Å². The lowest BCUT2D eigenvalue weighted by molar-refractivity contribution is -0.478. The third kappa shape index (κ3) is 6.49. The van der Waals surface area contributed by atoms with Crippen molar-refractivity contribution in [3.63, 3.8) is 0 Å². The Morgan fingerprint density at radius 3 is 1.06 bits per heavy atom. The smallest absolute Gasteiger partial charge is 0.376 e. The van der Waals surface area contributed by atoms with E-state index in [0.717, 1.165) is 0 Å². The lowest BCUT2D eigenvalue weighted by atomic mass is 9.84. The second-order valence-electron chi connectivity index (χ2n) is 9.98. The van der Waals surface area contributed by atoms with Gasteiger partial charge in [-0.05, 0) is 0 Å². The van der Waals surface area contributed by atoms with Gasteiger partial charge < -0.3 is 18.9 Å². The Hall–Kier alpha value is -1.77. The molecule has 2 fully saturated rings. The molecule has 0 aromatic carbocycles. The van der Waals surface area contributed by atoms with E-state index in [0.29, 0.717) is 0 Å². The molecule has 0 saturated carbocycles. The van der Waals surface area contributed by atoms with Gasteiger partial charge in [0.25, 0.3) is 0 Å². The van der Waals surface area contributed by atoms with Crippen molar-refractivity contribution in [3.8, 4) is 0 Å². The molecule has 4 nitrogen and oxygen atoms in total. The van der Waals surface area contributed by atoms with Crippen molar-refractivity contribution in [1.82, 2.24) is 0 Å². The molecule has 2 aliphatic rings. The maximum Gasteiger partial charge on any atom is 0.460 e. The quantitative estimate of drug-likeness (QED) is 0.108. The van der Waals surface area contributed by atoms with Crippen molar-refractivity contribution >= 4 is 0 Å². The van der Waals surface area contributed by atoms with Gasteiger partial charge in [0, 0.05) is 6.42 Å². The molecule has 0 aromatic rings. The van der Waals surface area contributed by atoms with Gasteiger partial charge in [0.15, 0.2) is 0 Å². The molecular formula is C20H15F23O4. The first kappa shape index (κ1) is 41.4. The molecule has 0 aliphatic carbocycles. The average Bonchev–Trinajstić information content (AvgIpc) is 3.81. The molecule has 2 aliphatic heterocycles. The van der Waals surface area contributed by atoms with Crippen LogP contribution < -0.4 is 0 Å². The molecule has 3 unspecified atom stereocenters. The molecule has 0 N–H and O–H groups in total. The number of epoxide rings is 2. The average molecular weight is 756 g/mol. The molecule has 2 heterocycles. The van der Waals surface area contributed by atoms with Gasteiger partial charge in [-0.15, -0.1) is 0 Å². The topological polar surface area (TPSA) is 43.5 Å². The van der Waals surface area contributed by atoms with Crippen LogP contribution >= 0.6 is 0 Å². The highest BCUT2D eigenvalue weighted by atomic mass is 19.4. The van der Waals surface area contributed by atoms with E-state index in [9.17, 15) is 101 Å². The standard InChI is InChI=1S/C20H15F23O4/c21-10(22,1-7(45-5-9-6-47-9)2-44-3-8-4-46-8)11(23,24)12(25,26)13(27,28)14(29,30)15(31,32)16(33,34)17(35,36)18(37,38)19(39,40)20(41,42)43/h7-9H,1-6H2. The first-order valence-corrected chi connectivity index (χ1v) is 11.8. The van der Waals surface area contributed by atoms with Crippen LogP contribution in [0.25, 0.3) is 0 Å². The number of halogens is 23. The lowest BCUT2D eigenvalue weighted by Gasteiger charge is -2.45. The first-order chi connectivity index (χ1) is 20.5. The third-order valence-electron chi connectivity index (χ3n) is 6.38. The van der Waals surface area contributed by atoms with Gasteiger partial charge in [-0.2, -0.15) is 101 Å². The minimum atomic E-state index is -9.43. The summed E-state index contributed by atoms with van der Waals surface area (Å²) in [5.41, 5.74) is 0. The predicted octanol–water partition coefficient (Wildman–Crippen LogP) is 7.49. The Bertz CT molecular complexity index is 1090. The Balaban J connectivity index is 2.51. The fourth-order valence-electron chi connectivity index (χ4n) is 3.27. The van der Waals surface area contributed by atoms with Crippen LogP contribution in [-0.2, 0) is 18.9 Å². The molecule has 3 atom stereocenters. The van der Waals surface area contributed by atoms with E-state index in [-0.39, 0.29) is 13.2 Å². The lowest BCUT2D eigenvalue weighted by Crippen LogP contribution is -2.77. The van der Waals surface area contributed by atoms with E-state index in [1.807, 2.05) is 0 Å². The molecule has 0 spiro atoms. The summed E-state index contributed by atoms with van der Waals surface area (Å²) in [4.78, 5) is 0. The number of rotatable bonds is 18. The maximum atomic E-state index is 14.4. The van der Waals surface area contributed by atoms with E-state index in [1.54, 1.807) is 0 Å². The van der Waals surface area contributed by atoms with E-state index in [4.69, 9.17) is 0 Å². The molecule has 47 heavy (non-hydrogen) atoms. The summed E-state index contributed by atoms with van der Waals surface area (Å²) in [6.07, 6.45) is -15.3. The highest BCUT2D eigenvalue weighted by Gasteiger charge is 2.98. The molecular weight excluding hydrogens is 741 g/mol. The van der Waals surface area contributed by atoms with Gasteiger partial charge >= 0.3 is 65.4 Å². The number of hydrogen-bond acceptors (Lipinski definition) is 4. The minimum absolute atomic E-state index is 0.00317. The summed E-state index contributed by atoms with van der Waals surface area (Å²) < 4.78 is 331. The molecule has 2 rings (SSSR count). The highest BCUT2D eigenvalue weighted by Crippen LogP contribution is 2.67. The monoisotopic (exact) mass is 756 g/mol. The van der Waals surface area contributed by atoms with Crippen molar-refractivity contribution < 1.29 is 120 Å². The highest BCUT2D eigenvalue weighted by molar-refractivity contribution is 5.19. The van der Waals surface area contributed by atoms with Gasteiger partial charge in [-0.1, -0.05) is 0 Å². The van der Waals surface area contributed by atoms with Crippen LogP contribution in [0.15, 0.2) is 0 Å². The zero-order chi connectivity index (χ0) is 37.3. The summed E-state index contributed by atoms with van der Waals surface area (Å²) in [6.45, 7) is -2.82. The maximum absolute atomic E-state index is 14.4. The van der Waals surface area contributed by atoms with Crippen LogP contribution in [-0.4, -0.2) is 117 Å². The van der Waals surface area contributed by atoms with Gasteiger partial charge in [-0.25, -0.2) is 0 Å². The number of alkyl halides is 23. The predicted molar refractivity (Wildman–Crippen MR) is 100 cm³/mol. The van der Waals surface area contributed by atoms with Crippen molar-refractivity contribution in [1.29, 1.82) is 0 Å². The molecule has 27 heteroatoms. The molecule has 0 aromatic heterocycles. The first-order valence-electron chi connectivity index (χ1n) is 11.8. The van der Waals surface area contributed by atoms with Crippen LogP contribution in [0.5, 0.6) is 0 Å². The van der Waals surface area contributed by atoms with E-state index < -0.39 is 110 Å². The second-order valence-corrected chi connectivity index (χ2v) is 9.98. The molecule has 0 radical (unpaired) electrons. The van der Waals surface area contributed by atoms with Crippen molar-refractivity contribution in [2.75, 3.05) is 33.0 Å². The van der Waals surface area contributed by atoms with Crippen LogP contribution in [0.1, 0.15) is 6.42 Å². The Morgan fingerprint density at radius 1 is 0.447 bits per heavy atom. The largest absolute Gasteiger partial charge is 0.460 e. The molecule has 280 valence electrons. The second kappa shape index (κ2) is 11.9. The molecule has 0 amide bonds. The van der Waals surface area contributed by atoms with Gasteiger partial charge in [0.05, 0.1) is 39.1 Å². The fourth-order valence-corrected chi connectivity index (χ4v) is 3.27. The van der Waals surface area contributed by atoms with Crippen LogP contribution in [0, 0.1) is 0 Å². The van der Waals surface area contributed by atoms with E-state index >= 15 is 0 Å². The van der Waals surface area contributed by atoms with Gasteiger partial charge in [0.2, 0.25) is 0 Å². The summed E-state index contributed by atoms with van der Waals surface area (Å²) in [5.74, 6) is -87.9. The Kier molecular flexibility index (Phi) is 10.5. The van der Waals surface area contributed by atoms with Crippen molar-refractivity contribution in [2.24, 2.45) is 0 Å². The van der Waals surface area contributed by atoms with Crippen LogP contribution in [0.2, 0.25) is 0 Å². The summed E-state index contributed by atoms with van der Waals surface area (Å²) in [7, 11) is 0. The van der Waals surface area contributed by atoms with Crippen molar-refractivity contribution in [2.45, 2.75) is 90.1 Å². The molecule has 2 saturated heterocycles. The van der Waals surface area contributed by atoms with Crippen LogP contribution in [0.4, 0.5) is 101 Å². The zero-order valence-corrected chi connectivity index (χ0v) is 21.8. The summed E-state index contributed by atoms with van der Waals surface area (Å²) >= 11 is 0. The Morgan fingerprint density at radius 2 is 0.745 bits per heavy atom. The zero-order valence-electron chi connectivity index (χ0n) is 21.8. The van der Waals surface area contributed by atoms with E-state index in [1.165, 1.54) is 0 Å². The number of ether oxygens (including phenoxy) is 4.